The van der Waals surface area contributed by atoms with Gasteiger partial charge < -0.3 is 5.11 Å². The Morgan fingerprint density at radius 2 is 2.17 bits per heavy atom. The van der Waals surface area contributed by atoms with Gasteiger partial charge in [-0.05, 0) is 37.5 Å². The number of pyridine rings is 1. The topological polar surface area (TPSA) is 53.4 Å². The van der Waals surface area contributed by atoms with Gasteiger partial charge in [0, 0.05) is 24.4 Å². The first-order chi connectivity index (χ1) is 11.5. The molecule has 2 aromatic rings. The monoisotopic (exact) mass is 332 g/mol. The molecule has 0 aliphatic carbocycles. The van der Waals surface area contributed by atoms with E-state index in [1.54, 1.807) is 17.2 Å². The molecule has 1 fully saturated rings. The van der Waals surface area contributed by atoms with Crippen LogP contribution in [0, 0.1) is 18.6 Å². The Bertz CT molecular complexity index is 766. The summed E-state index contributed by atoms with van der Waals surface area (Å²) < 4.78 is 27.8. The normalized spacial score (nSPS) is 19.4. The SMILES string of the molecule is Cc1cccnc1C(c1ccc(F)cc1F)N1CCCC1C(=O)O. The van der Waals surface area contributed by atoms with E-state index in [0.29, 0.717) is 25.1 Å². The van der Waals surface area contributed by atoms with Gasteiger partial charge in [0.05, 0.1) is 11.7 Å². The number of benzene rings is 1. The van der Waals surface area contributed by atoms with Crippen LogP contribution in [0.25, 0.3) is 0 Å². The van der Waals surface area contributed by atoms with Crippen LogP contribution in [0.3, 0.4) is 0 Å². The van der Waals surface area contributed by atoms with Crippen LogP contribution in [0.15, 0.2) is 36.5 Å². The van der Waals surface area contributed by atoms with Gasteiger partial charge in [0.1, 0.15) is 17.7 Å². The van der Waals surface area contributed by atoms with Gasteiger partial charge in [-0.1, -0.05) is 12.1 Å². The summed E-state index contributed by atoms with van der Waals surface area (Å²) in [6.45, 7) is 2.37. The Morgan fingerprint density at radius 1 is 1.38 bits per heavy atom. The molecule has 2 unspecified atom stereocenters. The number of rotatable bonds is 4. The largest absolute Gasteiger partial charge is 0.480 e. The third-order valence-electron chi connectivity index (χ3n) is 4.48. The first-order valence-corrected chi connectivity index (χ1v) is 7.84. The van der Waals surface area contributed by atoms with Gasteiger partial charge in [0.2, 0.25) is 0 Å². The summed E-state index contributed by atoms with van der Waals surface area (Å²) in [5.41, 5.74) is 1.67. The molecule has 3 rings (SSSR count). The van der Waals surface area contributed by atoms with Gasteiger partial charge in [-0.3, -0.25) is 14.7 Å². The Kier molecular flexibility index (Phi) is 4.57. The molecule has 0 amide bonds. The predicted octanol–water partition coefficient (Wildman–Crippen LogP) is 3.31. The van der Waals surface area contributed by atoms with E-state index in [9.17, 15) is 18.7 Å². The molecular weight excluding hydrogens is 314 g/mol. The molecule has 4 nitrogen and oxygen atoms in total. The molecule has 0 bridgehead atoms. The van der Waals surface area contributed by atoms with Gasteiger partial charge >= 0.3 is 5.97 Å². The van der Waals surface area contributed by atoms with Crippen molar-refractivity contribution in [3.63, 3.8) is 0 Å². The summed E-state index contributed by atoms with van der Waals surface area (Å²) in [4.78, 5) is 17.7. The van der Waals surface area contributed by atoms with Crippen LogP contribution in [-0.2, 0) is 4.79 Å². The lowest BCUT2D eigenvalue weighted by atomic mass is 9.97. The lowest BCUT2D eigenvalue weighted by molar-refractivity contribution is -0.142. The van der Waals surface area contributed by atoms with Crippen LogP contribution >= 0.6 is 0 Å². The highest BCUT2D eigenvalue weighted by Gasteiger charge is 2.38. The molecule has 1 aliphatic heterocycles. The highest BCUT2D eigenvalue weighted by molar-refractivity contribution is 5.74. The van der Waals surface area contributed by atoms with Crippen molar-refractivity contribution in [1.82, 2.24) is 9.88 Å². The first-order valence-electron chi connectivity index (χ1n) is 7.84. The predicted molar refractivity (Wildman–Crippen MR) is 84.5 cm³/mol. The van der Waals surface area contributed by atoms with Crippen LogP contribution in [-0.4, -0.2) is 33.5 Å². The molecule has 0 spiro atoms. The first kappa shape index (κ1) is 16.5. The van der Waals surface area contributed by atoms with Crippen molar-refractivity contribution in [3.8, 4) is 0 Å². The molecular formula is C18H18F2N2O2. The molecule has 1 saturated heterocycles. The minimum Gasteiger partial charge on any atom is -0.480 e. The second kappa shape index (κ2) is 6.65. The Morgan fingerprint density at radius 3 is 2.83 bits per heavy atom. The molecule has 1 aliphatic rings. The second-order valence-corrected chi connectivity index (χ2v) is 6.01. The average Bonchev–Trinajstić information content (AvgIpc) is 3.01. The number of aliphatic carboxylic acids is 1. The minimum absolute atomic E-state index is 0.242. The zero-order valence-corrected chi connectivity index (χ0v) is 13.2. The molecule has 2 atom stereocenters. The Labute approximate surface area is 138 Å². The zero-order valence-electron chi connectivity index (χ0n) is 13.2. The molecule has 1 N–H and O–H groups in total. The molecule has 126 valence electrons. The molecule has 0 saturated carbocycles. The third-order valence-corrected chi connectivity index (χ3v) is 4.48. The summed E-state index contributed by atoms with van der Waals surface area (Å²) in [5, 5.41) is 9.49. The molecule has 1 aromatic heterocycles. The highest BCUT2D eigenvalue weighted by Crippen LogP contribution is 2.36. The van der Waals surface area contributed by atoms with E-state index >= 15 is 0 Å². The maximum absolute atomic E-state index is 14.5. The average molecular weight is 332 g/mol. The Hall–Kier alpha value is -2.34. The van der Waals surface area contributed by atoms with Crippen molar-refractivity contribution in [3.05, 3.63) is 65.0 Å². The summed E-state index contributed by atoms with van der Waals surface area (Å²) in [5.74, 6) is -2.29. The number of carbonyl (C=O) groups is 1. The fraction of sp³-hybridized carbons (Fsp3) is 0.333. The number of likely N-dealkylation sites (tertiary alicyclic amines) is 1. The van der Waals surface area contributed by atoms with Gasteiger partial charge in [-0.2, -0.15) is 0 Å². The van der Waals surface area contributed by atoms with E-state index in [0.717, 1.165) is 11.6 Å². The number of aromatic nitrogens is 1. The molecule has 2 heterocycles. The van der Waals surface area contributed by atoms with Gasteiger partial charge in [0.25, 0.3) is 0 Å². The minimum atomic E-state index is -0.936. The van der Waals surface area contributed by atoms with Crippen molar-refractivity contribution in [1.29, 1.82) is 0 Å². The number of hydrogen-bond donors (Lipinski definition) is 1. The quantitative estimate of drug-likeness (QED) is 0.933. The summed E-state index contributed by atoms with van der Waals surface area (Å²) in [6, 6.07) is 5.65. The van der Waals surface area contributed by atoms with Crippen LogP contribution in [0.4, 0.5) is 8.78 Å². The van der Waals surface area contributed by atoms with E-state index in [4.69, 9.17) is 0 Å². The lowest BCUT2D eigenvalue weighted by Gasteiger charge is -2.32. The van der Waals surface area contributed by atoms with E-state index in [2.05, 4.69) is 4.98 Å². The van der Waals surface area contributed by atoms with E-state index in [1.165, 1.54) is 12.1 Å². The van der Waals surface area contributed by atoms with Crippen molar-refractivity contribution < 1.29 is 18.7 Å². The number of hydrogen-bond acceptors (Lipinski definition) is 3. The fourth-order valence-electron chi connectivity index (χ4n) is 3.35. The van der Waals surface area contributed by atoms with E-state index in [-0.39, 0.29) is 5.56 Å². The van der Waals surface area contributed by atoms with Gasteiger partial charge in [0.15, 0.2) is 0 Å². The molecule has 0 radical (unpaired) electrons. The van der Waals surface area contributed by atoms with Crippen molar-refractivity contribution in [2.24, 2.45) is 0 Å². The number of nitrogens with zero attached hydrogens (tertiary/aromatic N) is 2. The number of carboxylic acid groups (broad SMARTS) is 1. The van der Waals surface area contributed by atoms with Crippen LogP contribution in [0.1, 0.15) is 35.7 Å². The summed E-state index contributed by atoms with van der Waals surface area (Å²) >= 11 is 0. The Balaban J connectivity index is 2.14. The van der Waals surface area contributed by atoms with Crippen LogP contribution < -0.4 is 0 Å². The fourth-order valence-corrected chi connectivity index (χ4v) is 3.35. The number of aryl methyl sites for hydroxylation is 1. The zero-order chi connectivity index (χ0) is 17.3. The maximum Gasteiger partial charge on any atom is 0.320 e. The molecule has 1 aromatic carbocycles. The van der Waals surface area contributed by atoms with Gasteiger partial charge in [-0.25, -0.2) is 8.78 Å². The van der Waals surface area contributed by atoms with Crippen molar-refractivity contribution >= 4 is 5.97 Å². The summed E-state index contributed by atoms with van der Waals surface area (Å²) in [6.07, 6.45) is 2.81. The van der Waals surface area contributed by atoms with Crippen molar-refractivity contribution in [2.45, 2.75) is 31.8 Å². The smallest absolute Gasteiger partial charge is 0.320 e. The maximum atomic E-state index is 14.5. The van der Waals surface area contributed by atoms with Crippen LogP contribution in [0.5, 0.6) is 0 Å². The van der Waals surface area contributed by atoms with E-state index in [1.807, 2.05) is 13.0 Å². The molecule has 24 heavy (non-hydrogen) atoms. The van der Waals surface area contributed by atoms with Crippen LogP contribution in [0.2, 0.25) is 0 Å². The van der Waals surface area contributed by atoms with Gasteiger partial charge in [-0.15, -0.1) is 0 Å². The number of halogens is 2. The third kappa shape index (κ3) is 3.01. The number of carboxylic acids is 1. The molecule has 6 heteroatoms. The van der Waals surface area contributed by atoms with Crippen molar-refractivity contribution in [2.75, 3.05) is 6.54 Å². The lowest BCUT2D eigenvalue weighted by Crippen LogP contribution is -2.40. The highest BCUT2D eigenvalue weighted by atomic mass is 19.1. The second-order valence-electron chi connectivity index (χ2n) is 6.01. The summed E-state index contributed by atoms with van der Waals surface area (Å²) in [7, 11) is 0. The standard InChI is InChI=1S/C18H18F2N2O2/c1-11-4-2-8-21-16(11)17(13-7-6-12(19)10-14(13)20)22-9-3-5-15(22)18(23)24/h2,4,6-8,10,15,17H,3,5,9H2,1H3,(H,23,24). The van der Waals surface area contributed by atoms with E-state index < -0.39 is 29.7 Å².